The first-order chi connectivity index (χ1) is 8.07. The van der Waals surface area contributed by atoms with Crippen LogP contribution in [0.25, 0.3) is 0 Å². The second kappa shape index (κ2) is 3.55. The predicted molar refractivity (Wildman–Crippen MR) is 64.4 cm³/mol. The third-order valence-electron chi connectivity index (χ3n) is 4.84. The Kier molecular flexibility index (Phi) is 2.34. The maximum Gasteiger partial charge on any atom is 0.230 e. The third kappa shape index (κ3) is 1.69. The molecule has 0 radical (unpaired) electrons. The van der Waals surface area contributed by atoms with Crippen LogP contribution in [0.1, 0.15) is 70.0 Å². The Bertz CT molecular complexity index is 422. The van der Waals surface area contributed by atoms with Crippen LogP contribution in [0.5, 0.6) is 0 Å². The molecule has 0 saturated heterocycles. The van der Waals surface area contributed by atoms with Crippen LogP contribution in [0.2, 0.25) is 0 Å². The van der Waals surface area contributed by atoms with Gasteiger partial charge in [0.05, 0.1) is 5.54 Å². The van der Waals surface area contributed by atoms with Crippen LogP contribution in [-0.2, 0) is 5.54 Å². The molecule has 2 aliphatic carbocycles. The van der Waals surface area contributed by atoms with E-state index in [1.165, 1.54) is 25.7 Å². The predicted octanol–water partition coefficient (Wildman–Crippen LogP) is 2.70. The highest BCUT2D eigenvalue weighted by Crippen LogP contribution is 2.60. The molecule has 2 fully saturated rings. The van der Waals surface area contributed by atoms with Gasteiger partial charge in [0.25, 0.3) is 0 Å². The molecule has 1 aromatic rings. The van der Waals surface area contributed by atoms with Crippen LogP contribution in [-0.4, -0.2) is 10.1 Å². The summed E-state index contributed by atoms with van der Waals surface area (Å²) >= 11 is 0. The second-order valence-corrected chi connectivity index (χ2v) is 6.08. The summed E-state index contributed by atoms with van der Waals surface area (Å²) in [6.07, 6.45) is 6.67. The van der Waals surface area contributed by atoms with Gasteiger partial charge in [0.1, 0.15) is 0 Å². The molecule has 2 N–H and O–H groups in total. The van der Waals surface area contributed by atoms with Gasteiger partial charge in [-0.15, -0.1) is 0 Å². The largest absolute Gasteiger partial charge is 0.339 e. The number of nitrogens with zero attached hydrogens (tertiary/aromatic N) is 2. The van der Waals surface area contributed by atoms with Gasteiger partial charge in [-0.25, -0.2) is 0 Å². The quantitative estimate of drug-likeness (QED) is 0.874. The summed E-state index contributed by atoms with van der Waals surface area (Å²) in [5.41, 5.74) is 6.39. The number of hydrogen-bond acceptors (Lipinski definition) is 4. The molecule has 2 atom stereocenters. The van der Waals surface area contributed by atoms with Gasteiger partial charge in [0.15, 0.2) is 5.82 Å². The first-order valence-corrected chi connectivity index (χ1v) is 6.70. The van der Waals surface area contributed by atoms with Crippen LogP contribution in [0.15, 0.2) is 4.52 Å². The Hall–Kier alpha value is -0.900. The van der Waals surface area contributed by atoms with Crippen molar-refractivity contribution in [3.63, 3.8) is 0 Å². The zero-order valence-corrected chi connectivity index (χ0v) is 10.7. The molecule has 0 spiro atoms. The lowest BCUT2D eigenvalue weighted by molar-refractivity contribution is 0.339. The van der Waals surface area contributed by atoms with Gasteiger partial charge in [-0.1, -0.05) is 31.8 Å². The van der Waals surface area contributed by atoms with Crippen molar-refractivity contribution < 1.29 is 4.52 Å². The summed E-state index contributed by atoms with van der Waals surface area (Å²) < 4.78 is 5.42. The van der Waals surface area contributed by atoms with E-state index in [0.717, 1.165) is 24.6 Å². The first-order valence-electron chi connectivity index (χ1n) is 6.70. The SMILES string of the molecule is CCC1(C)CC1c1nc(C2(N)CCCC2)no1. The van der Waals surface area contributed by atoms with Crippen molar-refractivity contribution in [2.24, 2.45) is 11.1 Å². The van der Waals surface area contributed by atoms with Crippen molar-refractivity contribution >= 4 is 0 Å². The molecule has 0 aliphatic heterocycles. The second-order valence-electron chi connectivity index (χ2n) is 6.08. The van der Waals surface area contributed by atoms with Crippen LogP contribution in [0.4, 0.5) is 0 Å². The van der Waals surface area contributed by atoms with E-state index < -0.39 is 0 Å². The third-order valence-corrected chi connectivity index (χ3v) is 4.84. The van der Waals surface area contributed by atoms with E-state index in [1.54, 1.807) is 0 Å². The van der Waals surface area contributed by atoms with E-state index in [9.17, 15) is 0 Å². The van der Waals surface area contributed by atoms with Gasteiger partial charge in [0, 0.05) is 5.92 Å². The molecule has 1 heterocycles. The van der Waals surface area contributed by atoms with Gasteiger partial charge in [0.2, 0.25) is 5.89 Å². The van der Waals surface area contributed by atoms with Crippen molar-refractivity contribution in [2.75, 3.05) is 0 Å². The van der Waals surface area contributed by atoms with E-state index in [2.05, 4.69) is 24.0 Å². The molecule has 4 heteroatoms. The standard InChI is InChI=1S/C13H21N3O/c1-3-12(2)8-9(12)10-15-11(16-17-10)13(14)6-4-5-7-13/h9H,3-8,14H2,1-2H3. The molecule has 2 saturated carbocycles. The van der Waals surface area contributed by atoms with Crippen LogP contribution < -0.4 is 5.73 Å². The normalized spacial score (nSPS) is 35.1. The van der Waals surface area contributed by atoms with Crippen molar-refractivity contribution in [1.82, 2.24) is 10.1 Å². The summed E-state index contributed by atoms with van der Waals surface area (Å²) in [4.78, 5) is 4.57. The van der Waals surface area contributed by atoms with Crippen molar-refractivity contribution in [1.29, 1.82) is 0 Å². The van der Waals surface area contributed by atoms with Crippen LogP contribution >= 0.6 is 0 Å². The molecule has 2 aliphatic rings. The highest BCUT2D eigenvalue weighted by Gasteiger charge is 2.53. The van der Waals surface area contributed by atoms with Gasteiger partial charge >= 0.3 is 0 Å². The minimum Gasteiger partial charge on any atom is -0.339 e. The number of rotatable bonds is 3. The van der Waals surface area contributed by atoms with E-state index in [4.69, 9.17) is 10.3 Å². The van der Waals surface area contributed by atoms with Crippen LogP contribution in [0.3, 0.4) is 0 Å². The zero-order valence-electron chi connectivity index (χ0n) is 10.7. The average molecular weight is 235 g/mol. The van der Waals surface area contributed by atoms with E-state index in [0.29, 0.717) is 11.3 Å². The average Bonchev–Trinajstić information content (AvgIpc) is 2.78. The Morgan fingerprint density at radius 3 is 2.71 bits per heavy atom. The Morgan fingerprint density at radius 1 is 1.41 bits per heavy atom. The number of hydrogen-bond donors (Lipinski definition) is 1. The highest BCUT2D eigenvalue weighted by molar-refractivity contribution is 5.16. The molecule has 0 bridgehead atoms. The number of aromatic nitrogens is 2. The smallest absolute Gasteiger partial charge is 0.230 e. The molecule has 17 heavy (non-hydrogen) atoms. The fraction of sp³-hybridized carbons (Fsp3) is 0.846. The molecule has 3 rings (SSSR count). The summed E-state index contributed by atoms with van der Waals surface area (Å²) in [5, 5.41) is 4.12. The maximum absolute atomic E-state index is 6.33. The molecule has 0 aromatic carbocycles. The monoisotopic (exact) mass is 235 g/mol. The molecule has 94 valence electrons. The summed E-state index contributed by atoms with van der Waals surface area (Å²) in [6, 6.07) is 0. The van der Waals surface area contributed by atoms with Gasteiger partial charge in [-0.2, -0.15) is 4.98 Å². The Labute approximate surface area is 102 Å². The van der Waals surface area contributed by atoms with Crippen molar-refractivity contribution in [3.8, 4) is 0 Å². The van der Waals surface area contributed by atoms with Gasteiger partial charge < -0.3 is 10.3 Å². The summed E-state index contributed by atoms with van der Waals surface area (Å²) in [5.74, 6) is 2.00. The Morgan fingerprint density at radius 2 is 2.12 bits per heavy atom. The van der Waals surface area contributed by atoms with Crippen molar-refractivity contribution in [3.05, 3.63) is 11.7 Å². The van der Waals surface area contributed by atoms with E-state index in [-0.39, 0.29) is 5.54 Å². The van der Waals surface area contributed by atoms with E-state index >= 15 is 0 Å². The molecule has 1 aromatic heterocycles. The summed E-state index contributed by atoms with van der Waals surface area (Å²) in [7, 11) is 0. The lowest BCUT2D eigenvalue weighted by Gasteiger charge is -2.17. The fourth-order valence-corrected chi connectivity index (χ4v) is 2.99. The molecular formula is C13H21N3O. The lowest BCUT2D eigenvalue weighted by Crippen LogP contribution is -2.34. The molecule has 0 amide bonds. The molecular weight excluding hydrogens is 214 g/mol. The number of nitrogens with two attached hydrogens (primary N) is 1. The van der Waals surface area contributed by atoms with Crippen molar-refractivity contribution in [2.45, 2.75) is 63.8 Å². The molecule has 4 nitrogen and oxygen atoms in total. The first kappa shape index (κ1) is 11.2. The minimum atomic E-state index is -0.320. The van der Waals surface area contributed by atoms with E-state index in [1.807, 2.05) is 0 Å². The lowest BCUT2D eigenvalue weighted by atomic mass is 9.98. The van der Waals surface area contributed by atoms with Gasteiger partial charge in [-0.05, 0) is 31.1 Å². The highest BCUT2D eigenvalue weighted by atomic mass is 16.5. The maximum atomic E-state index is 6.33. The Balaban J connectivity index is 1.80. The topological polar surface area (TPSA) is 64.9 Å². The molecule has 2 unspecified atom stereocenters. The van der Waals surface area contributed by atoms with Gasteiger partial charge in [-0.3, -0.25) is 0 Å². The zero-order chi connectivity index (χ0) is 12.1. The summed E-state index contributed by atoms with van der Waals surface area (Å²) in [6.45, 7) is 4.51. The fourth-order valence-electron chi connectivity index (χ4n) is 2.99. The minimum absolute atomic E-state index is 0.320. The van der Waals surface area contributed by atoms with Crippen LogP contribution in [0, 0.1) is 5.41 Å².